The minimum atomic E-state index is 0.449. The van der Waals surface area contributed by atoms with Gasteiger partial charge in [-0.15, -0.1) is 11.6 Å². The number of aromatic nitrogens is 1. The van der Waals surface area contributed by atoms with Crippen LogP contribution in [0.4, 0.5) is 0 Å². The third-order valence-corrected chi connectivity index (χ3v) is 2.62. The minimum Gasteiger partial charge on any atom is -0.497 e. The van der Waals surface area contributed by atoms with E-state index in [1.807, 2.05) is 18.2 Å². The molecule has 1 aromatic heterocycles. The lowest BCUT2D eigenvalue weighted by molar-refractivity contribution is 0.418. The molecule has 0 amide bonds. The first kappa shape index (κ1) is 10.3. The molecule has 4 heteroatoms. The molecule has 2 radical (unpaired) electrons. The van der Waals surface area contributed by atoms with E-state index in [4.69, 9.17) is 24.2 Å². The van der Waals surface area contributed by atoms with E-state index in [-0.39, 0.29) is 0 Å². The van der Waals surface area contributed by atoms with Gasteiger partial charge in [0, 0.05) is 23.5 Å². The Morgan fingerprint density at radius 3 is 2.93 bits per heavy atom. The summed E-state index contributed by atoms with van der Waals surface area (Å²) in [5.41, 5.74) is 2.47. The first-order valence-corrected chi connectivity index (χ1v) is 5.06. The zero-order valence-electron chi connectivity index (χ0n) is 8.33. The number of ether oxygens (including phenoxy) is 1. The number of nitrogens with zero attached hydrogens (tertiary/aromatic N) is 1. The fourth-order valence-electron chi connectivity index (χ4n) is 1.54. The van der Waals surface area contributed by atoms with Crippen LogP contribution in [-0.2, 0) is 5.88 Å². The first-order chi connectivity index (χ1) is 7.26. The molecule has 0 aliphatic heterocycles. The maximum absolute atomic E-state index is 5.83. The van der Waals surface area contributed by atoms with E-state index >= 15 is 0 Å². The molecule has 2 rings (SSSR count). The van der Waals surface area contributed by atoms with Gasteiger partial charge in [0.25, 0.3) is 0 Å². The summed E-state index contributed by atoms with van der Waals surface area (Å²) in [6.45, 7) is 0. The van der Waals surface area contributed by atoms with Crippen LogP contribution < -0.4 is 10.2 Å². The van der Waals surface area contributed by atoms with Crippen molar-refractivity contribution in [2.45, 2.75) is 5.88 Å². The van der Waals surface area contributed by atoms with E-state index in [9.17, 15) is 0 Å². The molecule has 2 aromatic rings. The zero-order valence-corrected chi connectivity index (χ0v) is 9.08. The molecule has 0 unspecified atom stereocenters. The number of methoxy groups -OCH3 is 1. The highest BCUT2D eigenvalue weighted by Crippen LogP contribution is 2.21. The van der Waals surface area contributed by atoms with Gasteiger partial charge in [-0.3, -0.25) is 4.98 Å². The third kappa shape index (κ3) is 1.79. The van der Waals surface area contributed by atoms with Crippen LogP contribution in [0.3, 0.4) is 0 Å². The molecule has 74 valence electrons. The van der Waals surface area contributed by atoms with Crippen molar-refractivity contribution in [1.82, 2.24) is 4.98 Å². The van der Waals surface area contributed by atoms with Crippen LogP contribution in [0.1, 0.15) is 5.56 Å². The predicted octanol–water partition coefficient (Wildman–Crippen LogP) is 1.78. The van der Waals surface area contributed by atoms with E-state index in [1.54, 1.807) is 13.3 Å². The average Bonchev–Trinajstić information content (AvgIpc) is 2.27. The minimum absolute atomic E-state index is 0.449. The maximum Gasteiger partial charge on any atom is 0.119 e. The molecule has 1 heterocycles. The first-order valence-electron chi connectivity index (χ1n) is 4.53. The van der Waals surface area contributed by atoms with Crippen LogP contribution in [-0.4, -0.2) is 19.9 Å². The Balaban J connectivity index is 2.74. The SMILES string of the molecule is [B]c1cc2c(CCl)ccnc2cc1OC. The normalized spacial score (nSPS) is 10.5. The van der Waals surface area contributed by atoms with E-state index in [0.717, 1.165) is 16.5 Å². The summed E-state index contributed by atoms with van der Waals surface area (Å²) in [6, 6.07) is 5.56. The lowest BCUT2D eigenvalue weighted by atomic mass is 9.92. The quantitative estimate of drug-likeness (QED) is 0.565. The fourth-order valence-corrected chi connectivity index (χ4v) is 1.77. The van der Waals surface area contributed by atoms with Crippen molar-refractivity contribution in [2.75, 3.05) is 7.11 Å². The van der Waals surface area contributed by atoms with Crippen LogP contribution >= 0.6 is 11.6 Å². The van der Waals surface area contributed by atoms with Gasteiger partial charge in [0.05, 0.1) is 12.6 Å². The number of halogens is 1. The van der Waals surface area contributed by atoms with Gasteiger partial charge in [-0.25, -0.2) is 0 Å². The number of alkyl halides is 1. The van der Waals surface area contributed by atoms with E-state index < -0.39 is 0 Å². The summed E-state index contributed by atoms with van der Waals surface area (Å²) < 4.78 is 5.13. The molecule has 0 aliphatic carbocycles. The number of hydrogen-bond acceptors (Lipinski definition) is 2. The second kappa shape index (κ2) is 4.11. The summed E-state index contributed by atoms with van der Waals surface area (Å²) in [5, 5.41) is 0.978. The number of rotatable bonds is 2. The lowest BCUT2D eigenvalue weighted by Crippen LogP contribution is -2.07. The molecule has 0 saturated heterocycles. The van der Waals surface area contributed by atoms with Crippen LogP contribution in [0, 0.1) is 0 Å². The van der Waals surface area contributed by atoms with Crippen LogP contribution in [0.25, 0.3) is 10.9 Å². The monoisotopic (exact) mass is 217 g/mol. The summed E-state index contributed by atoms with van der Waals surface area (Å²) in [4.78, 5) is 4.25. The van der Waals surface area contributed by atoms with Gasteiger partial charge in [-0.05, 0) is 11.6 Å². The molecule has 15 heavy (non-hydrogen) atoms. The molecule has 0 N–H and O–H groups in total. The number of fused-ring (bicyclic) bond motifs is 1. The Hall–Kier alpha value is -1.22. The molecule has 0 spiro atoms. The Bertz CT molecular complexity index is 501. The second-order valence-corrected chi connectivity index (χ2v) is 3.48. The Labute approximate surface area is 94.6 Å². The van der Waals surface area contributed by atoms with Gasteiger partial charge >= 0.3 is 0 Å². The standard InChI is InChI=1S/C11H9BClNO/c1-15-11-5-10-8(4-9(11)12)7(6-13)2-3-14-10/h2-5H,6H2,1H3. The molecular formula is C11H9BClNO. The molecule has 0 saturated carbocycles. The van der Waals surface area contributed by atoms with Crippen molar-refractivity contribution in [3.8, 4) is 5.75 Å². The summed E-state index contributed by atoms with van der Waals surface area (Å²) >= 11 is 5.83. The second-order valence-electron chi connectivity index (χ2n) is 3.22. The largest absolute Gasteiger partial charge is 0.497 e. The van der Waals surface area contributed by atoms with Crippen LogP contribution in [0.5, 0.6) is 5.75 Å². The number of hydrogen-bond donors (Lipinski definition) is 0. The van der Waals surface area contributed by atoms with Crippen molar-refractivity contribution in [3.05, 3.63) is 30.0 Å². The highest BCUT2D eigenvalue weighted by atomic mass is 35.5. The average molecular weight is 217 g/mol. The molecule has 1 aromatic carbocycles. The van der Waals surface area contributed by atoms with Gasteiger partial charge in [-0.2, -0.15) is 0 Å². The third-order valence-electron chi connectivity index (χ3n) is 2.33. The predicted molar refractivity (Wildman–Crippen MR) is 63.2 cm³/mol. The van der Waals surface area contributed by atoms with Gasteiger partial charge < -0.3 is 4.74 Å². The van der Waals surface area contributed by atoms with Gasteiger partial charge in [0.2, 0.25) is 0 Å². The molecule has 0 bridgehead atoms. The molecule has 0 aliphatic rings. The molecule has 0 fully saturated rings. The van der Waals surface area contributed by atoms with Crippen LogP contribution in [0.15, 0.2) is 24.4 Å². The van der Waals surface area contributed by atoms with Gasteiger partial charge in [0.15, 0.2) is 0 Å². The van der Waals surface area contributed by atoms with Crippen molar-refractivity contribution in [2.24, 2.45) is 0 Å². The lowest BCUT2D eigenvalue weighted by Gasteiger charge is -2.08. The number of benzene rings is 1. The Morgan fingerprint density at radius 2 is 2.27 bits per heavy atom. The summed E-state index contributed by atoms with van der Waals surface area (Å²) in [7, 11) is 7.41. The highest BCUT2D eigenvalue weighted by molar-refractivity contribution is 6.35. The summed E-state index contributed by atoms with van der Waals surface area (Å²) in [5.74, 6) is 1.09. The van der Waals surface area contributed by atoms with E-state index in [2.05, 4.69) is 4.98 Å². The van der Waals surface area contributed by atoms with Gasteiger partial charge in [0.1, 0.15) is 13.6 Å². The topological polar surface area (TPSA) is 22.1 Å². The van der Waals surface area contributed by atoms with Crippen LogP contribution in [0.2, 0.25) is 0 Å². The summed E-state index contributed by atoms with van der Waals surface area (Å²) in [6.07, 6.45) is 1.73. The zero-order chi connectivity index (χ0) is 10.8. The van der Waals surface area contributed by atoms with Gasteiger partial charge in [-0.1, -0.05) is 11.5 Å². The van der Waals surface area contributed by atoms with Crippen molar-refractivity contribution in [1.29, 1.82) is 0 Å². The fraction of sp³-hybridized carbons (Fsp3) is 0.182. The highest BCUT2D eigenvalue weighted by Gasteiger charge is 2.05. The molecule has 0 atom stereocenters. The molecule has 2 nitrogen and oxygen atoms in total. The Kier molecular flexibility index (Phi) is 2.82. The Morgan fingerprint density at radius 1 is 1.47 bits per heavy atom. The van der Waals surface area contributed by atoms with E-state index in [1.165, 1.54) is 0 Å². The van der Waals surface area contributed by atoms with Crippen molar-refractivity contribution in [3.63, 3.8) is 0 Å². The molecular weight excluding hydrogens is 208 g/mol. The van der Waals surface area contributed by atoms with Crippen molar-refractivity contribution >= 4 is 35.8 Å². The maximum atomic E-state index is 5.83. The number of pyridine rings is 1. The van der Waals surface area contributed by atoms with E-state index in [0.29, 0.717) is 17.1 Å². The van der Waals surface area contributed by atoms with Crippen molar-refractivity contribution < 1.29 is 4.74 Å². The smallest absolute Gasteiger partial charge is 0.119 e.